The molecule has 0 radical (unpaired) electrons. The van der Waals surface area contributed by atoms with Crippen molar-refractivity contribution in [1.29, 1.82) is 0 Å². The lowest BCUT2D eigenvalue weighted by molar-refractivity contribution is -0.385. The predicted octanol–water partition coefficient (Wildman–Crippen LogP) is 2.19. The Morgan fingerprint density at radius 1 is 1.14 bits per heavy atom. The van der Waals surface area contributed by atoms with Crippen molar-refractivity contribution >= 4 is 27.6 Å². The minimum Gasteiger partial charge on any atom is -0.504 e. The number of nitro benzene ring substituents is 1. The lowest BCUT2D eigenvalue weighted by Crippen LogP contribution is -2.31. The second kappa shape index (κ2) is 8.75. The maximum absolute atomic E-state index is 12.9. The van der Waals surface area contributed by atoms with E-state index in [2.05, 4.69) is 10.5 Å². The van der Waals surface area contributed by atoms with Crippen molar-refractivity contribution < 1.29 is 28.7 Å². The van der Waals surface area contributed by atoms with Crippen molar-refractivity contribution in [3.8, 4) is 17.2 Å². The quantitative estimate of drug-likeness (QED) is 0.217. The number of hydrogen-bond acceptors (Lipinski definition) is 9. The summed E-state index contributed by atoms with van der Waals surface area (Å²) >= 11 is 0. The molecule has 0 aliphatic carbocycles. The van der Waals surface area contributed by atoms with Gasteiger partial charge in [-0.3, -0.25) is 15.5 Å². The fraction of sp³-hybridized carbons (Fsp3) is 0.235. The number of anilines is 1. The number of nitro groups is 1. The van der Waals surface area contributed by atoms with E-state index < -0.39 is 37.9 Å². The van der Waals surface area contributed by atoms with Gasteiger partial charge in [0.25, 0.3) is 5.69 Å². The molecule has 0 fully saturated rings. The number of aromatic hydroxyl groups is 3. The molecule has 0 unspecified atom stereocenters. The van der Waals surface area contributed by atoms with Gasteiger partial charge in [0.2, 0.25) is 15.8 Å². The molecule has 0 saturated carbocycles. The highest BCUT2D eigenvalue weighted by Gasteiger charge is 2.27. The maximum Gasteiger partial charge on any atom is 0.270 e. The normalized spacial score (nSPS) is 11.8. The molecule has 0 aliphatic rings. The molecule has 2 aromatic rings. The van der Waals surface area contributed by atoms with E-state index in [4.69, 9.17) is 0 Å². The number of hydrazone groups is 1. The second-order valence-electron chi connectivity index (χ2n) is 5.77. The van der Waals surface area contributed by atoms with E-state index in [0.717, 1.165) is 28.7 Å². The van der Waals surface area contributed by atoms with Crippen LogP contribution in [0.4, 0.5) is 11.4 Å². The van der Waals surface area contributed by atoms with Crippen molar-refractivity contribution in [3.05, 3.63) is 46.0 Å². The SMILES string of the molecule is CCN(CC)S(=O)(=O)c1cc([N+](=O)[O-])ccc1N/N=C/c1ccc(O)c(O)c1O. The van der Waals surface area contributed by atoms with Crippen LogP contribution in [0.2, 0.25) is 0 Å². The van der Waals surface area contributed by atoms with Crippen LogP contribution < -0.4 is 5.43 Å². The number of nitrogens with zero attached hydrogens (tertiary/aromatic N) is 3. The summed E-state index contributed by atoms with van der Waals surface area (Å²) in [4.78, 5) is 10.0. The van der Waals surface area contributed by atoms with Crippen LogP contribution in [-0.2, 0) is 10.0 Å². The number of rotatable bonds is 8. The van der Waals surface area contributed by atoms with E-state index in [0.29, 0.717) is 0 Å². The first-order valence-corrected chi connectivity index (χ1v) is 9.89. The molecule has 156 valence electrons. The molecule has 11 nitrogen and oxygen atoms in total. The molecular formula is C17H20N4O7S. The number of sulfonamides is 1. The van der Waals surface area contributed by atoms with Crippen LogP contribution in [0.15, 0.2) is 40.3 Å². The third-order valence-corrected chi connectivity index (χ3v) is 6.14. The topological polar surface area (TPSA) is 166 Å². The van der Waals surface area contributed by atoms with Gasteiger partial charge in [0.05, 0.1) is 16.8 Å². The van der Waals surface area contributed by atoms with Gasteiger partial charge in [-0.15, -0.1) is 0 Å². The summed E-state index contributed by atoms with van der Waals surface area (Å²) in [5.41, 5.74) is 2.12. The molecule has 29 heavy (non-hydrogen) atoms. The molecule has 0 bridgehead atoms. The summed E-state index contributed by atoms with van der Waals surface area (Å²) in [5, 5.41) is 43.5. The largest absolute Gasteiger partial charge is 0.504 e. The van der Waals surface area contributed by atoms with Crippen LogP contribution in [0.1, 0.15) is 19.4 Å². The summed E-state index contributed by atoms with van der Waals surface area (Å²) in [7, 11) is -4.03. The van der Waals surface area contributed by atoms with Crippen LogP contribution in [0, 0.1) is 10.1 Å². The van der Waals surface area contributed by atoms with E-state index in [1.54, 1.807) is 13.8 Å². The maximum atomic E-state index is 12.9. The van der Waals surface area contributed by atoms with Gasteiger partial charge < -0.3 is 15.3 Å². The van der Waals surface area contributed by atoms with Crippen LogP contribution >= 0.6 is 0 Å². The number of nitrogens with one attached hydrogen (secondary N) is 1. The predicted molar refractivity (Wildman–Crippen MR) is 106 cm³/mol. The number of phenolic OH excluding ortho intramolecular Hbond substituents is 3. The highest BCUT2D eigenvalue weighted by Crippen LogP contribution is 2.36. The molecule has 0 heterocycles. The molecule has 0 saturated heterocycles. The van der Waals surface area contributed by atoms with Crippen LogP contribution in [0.3, 0.4) is 0 Å². The molecule has 0 amide bonds. The minimum absolute atomic E-state index is 0.0127. The molecule has 0 spiro atoms. The molecule has 12 heteroatoms. The summed E-state index contributed by atoms with van der Waals surface area (Å²) in [6, 6.07) is 5.69. The van der Waals surface area contributed by atoms with Gasteiger partial charge in [-0.25, -0.2) is 8.42 Å². The Bertz CT molecular complexity index is 1050. The number of hydrogen-bond donors (Lipinski definition) is 4. The lowest BCUT2D eigenvalue weighted by Gasteiger charge is -2.20. The summed E-state index contributed by atoms with van der Waals surface area (Å²) in [5.74, 6) is -1.86. The fourth-order valence-electron chi connectivity index (χ4n) is 2.49. The van der Waals surface area contributed by atoms with Crippen molar-refractivity contribution in [2.24, 2.45) is 5.10 Å². The van der Waals surface area contributed by atoms with Crippen molar-refractivity contribution in [2.45, 2.75) is 18.7 Å². The Labute approximate surface area is 166 Å². The summed E-state index contributed by atoms with van der Waals surface area (Å²) < 4.78 is 26.9. The van der Waals surface area contributed by atoms with Gasteiger partial charge in [-0.05, 0) is 18.2 Å². The number of non-ortho nitro benzene ring substituents is 1. The van der Waals surface area contributed by atoms with Crippen molar-refractivity contribution in [3.63, 3.8) is 0 Å². The van der Waals surface area contributed by atoms with Gasteiger partial charge in [0.15, 0.2) is 11.5 Å². The van der Waals surface area contributed by atoms with Gasteiger partial charge in [-0.1, -0.05) is 13.8 Å². The fourth-order valence-corrected chi connectivity index (χ4v) is 4.11. The number of phenols is 3. The van der Waals surface area contributed by atoms with Gasteiger partial charge in [0.1, 0.15) is 4.90 Å². The zero-order chi connectivity index (χ0) is 21.8. The smallest absolute Gasteiger partial charge is 0.270 e. The van der Waals surface area contributed by atoms with Crippen molar-refractivity contribution in [1.82, 2.24) is 4.31 Å². The monoisotopic (exact) mass is 424 g/mol. The number of benzene rings is 2. The van der Waals surface area contributed by atoms with E-state index in [-0.39, 0.29) is 29.2 Å². The summed E-state index contributed by atoms with van der Waals surface area (Å²) in [6.07, 6.45) is 1.09. The average molecular weight is 424 g/mol. The first-order valence-electron chi connectivity index (χ1n) is 8.45. The van der Waals surface area contributed by atoms with Crippen LogP contribution in [0.5, 0.6) is 17.2 Å². The zero-order valence-corrected chi connectivity index (χ0v) is 16.4. The van der Waals surface area contributed by atoms with Crippen molar-refractivity contribution in [2.75, 3.05) is 18.5 Å². The third kappa shape index (κ3) is 4.55. The van der Waals surface area contributed by atoms with Gasteiger partial charge >= 0.3 is 0 Å². The molecule has 4 N–H and O–H groups in total. The molecule has 0 atom stereocenters. The highest BCUT2D eigenvalue weighted by molar-refractivity contribution is 7.89. The van der Waals surface area contributed by atoms with Gasteiger partial charge in [0, 0.05) is 30.8 Å². The molecule has 0 aliphatic heterocycles. The first kappa shape index (κ1) is 21.9. The third-order valence-electron chi connectivity index (χ3n) is 4.05. The van der Waals surface area contributed by atoms with Crippen LogP contribution in [0.25, 0.3) is 0 Å². The Morgan fingerprint density at radius 2 is 1.79 bits per heavy atom. The Balaban J connectivity index is 2.45. The standard InChI is InChI=1S/C17H20N4O7S/c1-3-20(4-2)29(27,28)15-9-12(21(25)26)6-7-13(15)19-18-10-11-5-8-14(22)17(24)16(11)23/h5-10,19,22-24H,3-4H2,1-2H3/b18-10+. The lowest BCUT2D eigenvalue weighted by atomic mass is 10.2. The van der Waals surface area contributed by atoms with E-state index in [1.807, 2.05) is 0 Å². The average Bonchev–Trinajstić information content (AvgIpc) is 2.68. The Hall–Kier alpha value is -3.38. The van der Waals surface area contributed by atoms with Gasteiger partial charge in [-0.2, -0.15) is 9.41 Å². The molecular weight excluding hydrogens is 404 g/mol. The molecule has 2 rings (SSSR count). The molecule has 0 aromatic heterocycles. The summed E-state index contributed by atoms with van der Waals surface area (Å²) in [6.45, 7) is 3.63. The van der Waals surface area contributed by atoms with E-state index in [9.17, 15) is 33.9 Å². The van der Waals surface area contributed by atoms with E-state index >= 15 is 0 Å². The molecule has 2 aromatic carbocycles. The highest BCUT2D eigenvalue weighted by atomic mass is 32.2. The van der Waals surface area contributed by atoms with E-state index in [1.165, 1.54) is 12.1 Å². The first-order chi connectivity index (χ1) is 13.6. The zero-order valence-electron chi connectivity index (χ0n) is 15.6. The second-order valence-corrected chi connectivity index (χ2v) is 7.67. The minimum atomic E-state index is -4.03. The Morgan fingerprint density at radius 3 is 2.38 bits per heavy atom. The van der Waals surface area contributed by atoms with Crippen LogP contribution in [-0.4, -0.2) is 52.3 Å². The Kier molecular flexibility index (Phi) is 6.61.